The van der Waals surface area contributed by atoms with Gasteiger partial charge in [0.1, 0.15) is 0 Å². The topological polar surface area (TPSA) is 34.1 Å². The largest absolute Gasteiger partial charge is 0.477 e. The van der Waals surface area contributed by atoms with Gasteiger partial charge in [-0.1, -0.05) is 19.9 Å². The van der Waals surface area contributed by atoms with E-state index in [2.05, 4.69) is 30.2 Å². The van der Waals surface area contributed by atoms with Crippen molar-refractivity contribution in [3.63, 3.8) is 0 Å². The maximum atomic E-state index is 5.75. The third-order valence-corrected chi connectivity index (χ3v) is 2.94. The number of nitrogens with zero attached hydrogens (tertiary/aromatic N) is 1. The van der Waals surface area contributed by atoms with Gasteiger partial charge in [0.2, 0.25) is 5.88 Å². The second-order valence-electron chi connectivity index (χ2n) is 5.15. The van der Waals surface area contributed by atoms with Crippen molar-refractivity contribution in [3.05, 3.63) is 23.9 Å². The molecule has 1 saturated carbocycles. The number of rotatable bonds is 7. The van der Waals surface area contributed by atoms with Crippen molar-refractivity contribution in [3.8, 4) is 5.88 Å². The first-order valence-electron chi connectivity index (χ1n) is 6.56. The van der Waals surface area contributed by atoms with E-state index in [9.17, 15) is 0 Å². The third kappa shape index (κ3) is 4.35. The lowest BCUT2D eigenvalue weighted by Crippen LogP contribution is -2.16. The van der Waals surface area contributed by atoms with Gasteiger partial charge in [-0.25, -0.2) is 4.98 Å². The molecule has 0 aliphatic heterocycles. The van der Waals surface area contributed by atoms with Gasteiger partial charge in [-0.05, 0) is 31.2 Å². The number of pyridine rings is 1. The molecule has 0 amide bonds. The molecule has 1 N–H and O–H groups in total. The number of ether oxygens (including phenoxy) is 1. The fraction of sp³-hybridized carbons (Fsp3) is 0.643. The van der Waals surface area contributed by atoms with Crippen LogP contribution in [0.2, 0.25) is 0 Å². The Balaban J connectivity index is 1.85. The van der Waals surface area contributed by atoms with Crippen molar-refractivity contribution in [1.82, 2.24) is 10.3 Å². The molecule has 1 fully saturated rings. The van der Waals surface area contributed by atoms with E-state index < -0.39 is 0 Å². The summed E-state index contributed by atoms with van der Waals surface area (Å²) in [5.74, 6) is 1.47. The molecule has 1 heterocycles. The maximum Gasteiger partial charge on any atom is 0.217 e. The smallest absolute Gasteiger partial charge is 0.217 e. The fourth-order valence-corrected chi connectivity index (χ4v) is 1.62. The van der Waals surface area contributed by atoms with E-state index in [-0.39, 0.29) is 0 Å². The second-order valence-corrected chi connectivity index (χ2v) is 5.15. The average molecular weight is 234 g/mol. The molecule has 2 rings (SSSR count). The molecule has 1 aliphatic rings. The van der Waals surface area contributed by atoms with Crippen LogP contribution in [0.3, 0.4) is 0 Å². The van der Waals surface area contributed by atoms with Crippen molar-refractivity contribution in [1.29, 1.82) is 0 Å². The van der Waals surface area contributed by atoms with Gasteiger partial charge >= 0.3 is 0 Å². The van der Waals surface area contributed by atoms with Gasteiger partial charge < -0.3 is 10.1 Å². The molecule has 1 aromatic heterocycles. The first-order chi connectivity index (χ1) is 8.25. The molecule has 0 bridgehead atoms. The molecule has 1 aliphatic carbocycles. The lowest BCUT2D eigenvalue weighted by Gasteiger charge is -2.11. The first kappa shape index (κ1) is 12.4. The highest BCUT2D eigenvalue weighted by Gasteiger charge is 2.20. The van der Waals surface area contributed by atoms with E-state index in [1.807, 2.05) is 6.07 Å². The van der Waals surface area contributed by atoms with E-state index in [1.165, 1.54) is 18.4 Å². The number of aromatic nitrogens is 1. The van der Waals surface area contributed by atoms with Gasteiger partial charge in [-0.2, -0.15) is 0 Å². The Hall–Kier alpha value is -1.09. The lowest BCUT2D eigenvalue weighted by molar-refractivity contribution is 0.276. The molecule has 94 valence electrons. The predicted molar refractivity (Wildman–Crippen MR) is 69.0 cm³/mol. The molecule has 1 aromatic rings. The SMILES string of the molecule is CC(C)CCOc1ncccc1CNC1CC1. The molecule has 0 radical (unpaired) electrons. The number of hydrogen-bond acceptors (Lipinski definition) is 3. The Kier molecular flexibility index (Phi) is 4.37. The van der Waals surface area contributed by atoms with E-state index >= 15 is 0 Å². The van der Waals surface area contributed by atoms with Crippen molar-refractivity contribution >= 4 is 0 Å². The predicted octanol–water partition coefficient (Wildman–Crippen LogP) is 2.76. The van der Waals surface area contributed by atoms with Gasteiger partial charge in [0, 0.05) is 24.3 Å². The van der Waals surface area contributed by atoms with Gasteiger partial charge in [0.15, 0.2) is 0 Å². The van der Waals surface area contributed by atoms with Crippen molar-refractivity contribution in [2.75, 3.05) is 6.61 Å². The summed E-state index contributed by atoms with van der Waals surface area (Å²) in [5, 5.41) is 3.49. The number of hydrogen-bond donors (Lipinski definition) is 1. The molecule has 17 heavy (non-hydrogen) atoms. The molecule has 0 atom stereocenters. The Morgan fingerprint density at radius 2 is 2.29 bits per heavy atom. The monoisotopic (exact) mass is 234 g/mol. The minimum absolute atomic E-state index is 0.673. The molecule has 0 aromatic carbocycles. The molecule has 0 spiro atoms. The standard InChI is InChI=1S/C14H22N2O/c1-11(2)7-9-17-14-12(4-3-8-15-14)10-16-13-5-6-13/h3-4,8,11,13,16H,5-7,9-10H2,1-2H3. The summed E-state index contributed by atoms with van der Waals surface area (Å²) in [6, 6.07) is 4.78. The summed E-state index contributed by atoms with van der Waals surface area (Å²) in [7, 11) is 0. The Bertz CT molecular complexity index is 348. The van der Waals surface area contributed by atoms with E-state index in [4.69, 9.17) is 4.74 Å². The quantitative estimate of drug-likeness (QED) is 0.787. The van der Waals surface area contributed by atoms with Crippen molar-refractivity contribution < 1.29 is 4.74 Å². The van der Waals surface area contributed by atoms with Crippen LogP contribution >= 0.6 is 0 Å². The van der Waals surface area contributed by atoms with E-state index in [1.54, 1.807) is 6.20 Å². The van der Waals surface area contributed by atoms with Crippen LogP contribution < -0.4 is 10.1 Å². The zero-order valence-corrected chi connectivity index (χ0v) is 10.8. The highest BCUT2D eigenvalue weighted by molar-refractivity contribution is 5.25. The van der Waals surface area contributed by atoms with Crippen LogP contribution in [-0.2, 0) is 6.54 Å². The minimum atomic E-state index is 0.673. The highest BCUT2D eigenvalue weighted by atomic mass is 16.5. The van der Waals surface area contributed by atoms with Gasteiger partial charge in [0.25, 0.3) is 0 Å². The van der Waals surface area contributed by atoms with Crippen molar-refractivity contribution in [2.24, 2.45) is 5.92 Å². The minimum Gasteiger partial charge on any atom is -0.477 e. The Labute approximate surface area is 104 Å². The number of nitrogens with one attached hydrogen (secondary N) is 1. The normalized spacial score (nSPS) is 15.2. The maximum absolute atomic E-state index is 5.75. The lowest BCUT2D eigenvalue weighted by atomic mass is 10.1. The van der Waals surface area contributed by atoms with Gasteiger partial charge in [-0.3, -0.25) is 0 Å². The molecule has 3 nitrogen and oxygen atoms in total. The molecule has 0 unspecified atom stereocenters. The molecular weight excluding hydrogens is 212 g/mol. The van der Waals surface area contributed by atoms with Crippen molar-refractivity contribution in [2.45, 2.75) is 45.7 Å². The molecular formula is C14H22N2O. The van der Waals surface area contributed by atoms with E-state index in [0.717, 1.165) is 31.5 Å². The van der Waals surface area contributed by atoms with E-state index in [0.29, 0.717) is 5.92 Å². The summed E-state index contributed by atoms with van der Waals surface area (Å²) in [5.41, 5.74) is 1.17. The first-order valence-corrected chi connectivity index (χ1v) is 6.56. The van der Waals surface area contributed by atoms with Crippen LogP contribution in [0.5, 0.6) is 5.88 Å². The average Bonchev–Trinajstić information content (AvgIpc) is 3.11. The van der Waals surface area contributed by atoms with Gasteiger partial charge in [-0.15, -0.1) is 0 Å². The van der Waals surface area contributed by atoms with Crippen LogP contribution in [0, 0.1) is 5.92 Å². The molecule has 3 heteroatoms. The Morgan fingerprint density at radius 1 is 1.47 bits per heavy atom. The van der Waals surface area contributed by atoms with Crippen LogP contribution in [-0.4, -0.2) is 17.6 Å². The molecule has 0 saturated heterocycles. The zero-order chi connectivity index (χ0) is 12.1. The summed E-state index contributed by atoms with van der Waals surface area (Å²) < 4.78 is 5.75. The van der Waals surface area contributed by atoms with Gasteiger partial charge in [0.05, 0.1) is 6.61 Å². The summed E-state index contributed by atoms with van der Waals surface area (Å²) in [6.45, 7) is 6.04. The summed E-state index contributed by atoms with van der Waals surface area (Å²) in [4.78, 5) is 4.31. The third-order valence-electron chi connectivity index (χ3n) is 2.94. The summed E-state index contributed by atoms with van der Waals surface area (Å²) >= 11 is 0. The zero-order valence-electron chi connectivity index (χ0n) is 10.8. The highest BCUT2D eigenvalue weighted by Crippen LogP contribution is 2.21. The van der Waals surface area contributed by atoms with Crippen LogP contribution in [0.4, 0.5) is 0 Å². The van der Waals surface area contributed by atoms with Crippen LogP contribution in [0.25, 0.3) is 0 Å². The van der Waals surface area contributed by atoms with Crippen LogP contribution in [0.1, 0.15) is 38.7 Å². The van der Waals surface area contributed by atoms with Crippen LogP contribution in [0.15, 0.2) is 18.3 Å². The summed E-state index contributed by atoms with van der Waals surface area (Å²) in [6.07, 6.45) is 5.49. The Morgan fingerprint density at radius 3 is 3.00 bits per heavy atom. The fourth-order valence-electron chi connectivity index (χ4n) is 1.62. The second kappa shape index (κ2) is 6.01.